The lowest BCUT2D eigenvalue weighted by atomic mass is 9.67. The lowest BCUT2D eigenvalue weighted by molar-refractivity contribution is -0.151. The van der Waals surface area contributed by atoms with Crippen molar-refractivity contribution in [2.45, 2.75) is 44.8 Å². The minimum atomic E-state index is -1.38. The Kier molecular flexibility index (Phi) is 3.95. The minimum Gasteiger partial charge on any atom is -0.481 e. The number of aliphatic carboxylic acids is 1. The van der Waals surface area contributed by atoms with Crippen molar-refractivity contribution in [2.75, 3.05) is 0 Å². The summed E-state index contributed by atoms with van der Waals surface area (Å²) in [5.74, 6) is -0.780. The summed E-state index contributed by atoms with van der Waals surface area (Å²) in [5, 5.41) is 26.6. The van der Waals surface area contributed by atoms with Crippen LogP contribution in [0, 0.1) is 5.41 Å². The van der Waals surface area contributed by atoms with Gasteiger partial charge in [-0.05, 0) is 25.6 Å². The lowest BCUT2D eigenvalue weighted by Crippen LogP contribution is -2.34. The highest BCUT2D eigenvalue weighted by molar-refractivity contribution is 6.41. The van der Waals surface area contributed by atoms with Crippen LogP contribution in [0.15, 0.2) is 0 Å². The van der Waals surface area contributed by atoms with E-state index in [1.54, 1.807) is 0 Å². The molecule has 0 atom stereocenters. The number of carboxylic acids is 1. The Labute approximate surface area is 84.1 Å². The van der Waals surface area contributed by atoms with Gasteiger partial charge in [-0.2, -0.15) is 0 Å². The van der Waals surface area contributed by atoms with E-state index in [4.69, 9.17) is 15.2 Å². The largest absolute Gasteiger partial charge is 0.481 e. The smallest absolute Gasteiger partial charge is 0.451 e. The highest BCUT2D eigenvalue weighted by Crippen LogP contribution is 2.40. The van der Waals surface area contributed by atoms with Crippen LogP contribution in [0.1, 0.15) is 38.5 Å². The van der Waals surface area contributed by atoms with Crippen molar-refractivity contribution in [3.05, 3.63) is 0 Å². The second kappa shape index (κ2) is 4.80. The maximum absolute atomic E-state index is 11.1. The van der Waals surface area contributed by atoms with Gasteiger partial charge in [0.25, 0.3) is 0 Å². The number of rotatable bonds is 4. The number of carboxylic acid groups (broad SMARTS) is 1. The Hall–Kier alpha value is -0.545. The topological polar surface area (TPSA) is 77.8 Å². The molecule has 80 valence electrons. The third-order valence-corrected chi connectivity index (χ3v) is 3.15. The molecule has 1 saturated carbocycles. The summed E-state index contributed by atoms with van der Waals surface area (Å²) in [6.45, 7) is 0. The summed E-state index contributed by atoms with van der Waals surface area (Å²) < 4.78 is 0. The second-order valence-electron chi connectivity index (χ2n) is 4.17. The van der Waals surface area contributed by atoms with Crippen LogP contribution >= 0.6 is 0 Å². The molecule has 3 N–H and O–H groups in total. The summed E-state index contributed by atoms with van der Waals surface area (Å²) in [4.78, 5) is 11.1. The van der Waals surface area contributed by atoms with Gasteiger partial charge in [-0.3, -0.25) is 4.79 Å². The van der Waals surface area contributed by atoms with Crippen LogP contribution < -0.4 is 0 Å². The first-order chi connectivity index (χ1) is 6.57. The van der Waals surface area contributed by atoms with Crippen LogP contribution in [0.3, 0.4) is 0 Å². The standard InChI is InChI=1S/C9H17BO4/c11-8(12)9(6-7-10(13)14)4-2-1-3-5-9/h13-14H,1-7H2,(H,11,12). The van der Waals surface area contributed by atoms with Crippen LogP contribution in [0.4, 0.5) is 0 Å². The van der Waals surface area contributed by atoms with Crippen molar-refractivity contribution in [1.82, 2.24) is 0 Å². The zero-order valence-corrected chi connectivity index (χ0v) is 8.28. The predicted molar refractivity (Wildman–Crippen MR) is 52.8 cm³/mol. The monoisotopic (exact) mass is 200 g/mol. The molecule has 0 aliphatic heterocycles. The van der Waals surface area contributed by atoms with Gasteiger partial charge in [0.2, 0.25) is 0 Å². The fourth-order valence-corrected chi connectivity index (χ4v) is 2.20. The molecular weight excluding hydrogens is 183 g/mol. The maximum Gasteiger partial charge on any atom is 0.451 e. The first kappa shape index (κ1) is 11.5. The molecule has 0 heterocycles. The quantitative estimate of drug-likeness (QED) is 0.588. The fraction of sp³-hybridized carbons (Fsp3) is 0.889. The normalized spacial score (nSPS) is 20.4. The van der Waals surface area contributed by atoms with Crippen LogP contribution in [0.5, 0.6) is 0 Å². The zero-order valence-electron chi connectivity index (χ0n) is 8.28. The van der Waals surface area contributed by atoms with Gasteiger partial charge in [0.15, 0.2) is 0 Å². The van der Waals surface area contributed by atoms with Crippen molar-refractivity contribution in [3.63, 3.8) is 0 Å². The van der Waals surface area contributed by atoms with Crippen LogP contribution in [0.2, 0.25) is 6.32 Å². The molecule has 14 heavy (non-hydrogen) atoms. The summed E-state index contributed by atoms with van der Waals surface area (Å²) in [6, 6.07) is 0. The highest BCUT2D eigenvalue weighted by atomic mass is 16.4. The third-order valence-electron chi connectivity index (χ3n) is 3.15. The molecule has 0 bridgehead atoms. The molecule has 0 aromatic rings. The van der Waals surface area contributed by atoms with E-state index in [1.807, 2.05) is 0 Å². The zero-order chi connectivity index (χ0) is 10.6. The van der Waals surface area contributed by atoms with E-state index in [-0.39, 0.29) is 6.32 Å². The average molecular weight is 200 g/mol. The van der Waals surface area contributed by atoms with Crippen molar-refractivity contribution < 1.29 is 19.9 Å². The lowest BCUT2D eigenvalue weighted by Gasteiger charge is -2.33. The van der Waals surface area contributed by atoms with Crippen molar-refractivity contribution in [3.8, 4) is 0 Å². The van der Waals surface area contributed by atoms with Crippen LogP contribution in [-0.2, 0) is 4.79 Å². The summed E-state index contributed by atoms with van der Waals surface area (Å²) >= 11 is 0. The average Bonchev–Trinajstić information content (AvgIpc) is 2.16. The van der Waals surface area contributed by atoms with E-state index in [0.29, 0.717) is 19.3 Å². The SMILES string of the molecule is O=C(O)C1(CCB(O)O)CCCCC1. The van der Waals surface area contributed by atoms with Gasteiger partial charge in [0.05, 0.1) is 5.41 Å². The molecule has 1 aliphatic rings. The van der Waals surface area contributed by atoms with E-state index >= 15 is 0 Å². The van der Waals surface area contributed by atoms with E-state index in [0.717, 1.165) is 19.3 Å². The third kappa shape index (κ3) is 2.72. The fourth-order valence-electron chi connectivity index (χ4n) is 2.20. The second-order valence-corrected chi connectivity index (χ2v) is 4.17. The number of carbonyl (C=O) groups is 1. The predicted octanol–water partition coefficient (Wildman–Crippen LogP) is 0.884. The first-order valence-corrected chi connectivity index (χ1v) is 5.16. The molecule has 0 aromatic heterocycles. The maximum atomic E-state index is 11.1. The molecule has 0 saturated heterocycles. The first-order valence-electron chi connectivity index (χ1n) is 5.16. The van der Waals surface area contributed by atoms with E-state index in [2.05, 4.69) is 0 Å². The summed E-state index contributed by atoms with van der Waals surface area (Å²) in [7, 11) is -1.38. The molecule has 1 rings (SSSR count). The van der Waals surface area contributed by atoms with Gasteiger partial charge in [0.1, 0.15) is 0 Å². The van der Waals surface area contributed by atoms with Gasteiger partial charge >= 0.3 is 13.1 Å². The molecule has 4 nitrogen and oxygen atoms in total. The Morgan fingerprint density at radius 1 is 1.21 bits per heavy atom. The van der Waals surface area contributed by atoms with E-state index in [9.17, 15) is 4.79 Å². The molecule has 0 amide bonds. The Morgan fingerprint density at radius 2 is 1.79 bits per heavy atom. The molecule has 0 radical (unpaired) electrons. The Morgan fingerprint density at radius 3 is 2.21 bits per heavy atom. The molecule has 0 aromatic carbocycles. The van der Waals surface area contributed by atoms with Crippen molar-refractivity contribution >= 4 is 13.1 Å². The van der Waals surface area contributed by atoms with Crippen molar-refractivity contribution in [1.29, 1.82) is 0 Å². The molecular formula is C9H17BO4. The van der Waals surface area contributed by atoms with Gasteiger partial charge in [-0.1, -0.05) is 19.3 Å². The molecule has 5 heteroatoms. The van der Waals surface area contributed by atoms with Gasteiger partial charge in [-0.15, -0.1) is 0 Å². The Bertz CT molecular complexity index is 199. The van der Waals surface area contributed by atoms with Gasteiger partial charge in [-0.25, -0.2) is 0 Å². The van der Waals surface area contributed by atoms with E-state index < -0.39 is 18.5 Å². The Balaban J connectivity index is 2.56. The van der Waals surface area contributed by atoms with Gasteiger partial charge < -0.3 is 15.2 Å². The molecule has 0 spiro atoms. The highest BCUT2D eigenvalue weighted by Gasteiger charge is 2.39. The number of hydrogen-bond acceptors (Lipinski definition) is 3. The molecule has 0 unspecified atom stereocenters. The van der Waals surface area contributed by atoms with E-state index in [1.165, 1.54) is 0 Å². The van der Waals surface area contributed by atoms with Crippen LogP contribution in [0.25, 0.3) is 0 Å². The summed E-state index contributed by atoms with van der Waals surface area (Å²) in [6.07, 6.45) is 4.86. The molecule has 1 fully saturated rings. The van der Waals surface area contributed by atoms with Crippen molar-refractivity contribution in [2.24, 2.45) is 5.41 Å². The minimum absolute atomic E-state index is 0.159. The number of hydrogen-bond donors (Lipinski definition) is 3. The molecule has 1 aliphatic carbocycles. The van der Waals surface area contributed by atoms with Gasteiger partial charge in [0, 0.05) is 0 Å². The summed E-state index contributed by atoms with van der Waals surface area (Å²) in [5.41, 5.74) is -0.692. The van der Waals surface area contributed by atoms with Crippen LogP contribution in [-0.4, -0.2) is 28.2 Å².